The summed E-state index contributed by atoms with van der Waals surface area (Å²) in [6.07, 6.45) is 2.63. The van der Waals surface area contributed by atoms with Gasteiger partial charge in [0.25, 0.3) is 5.91 Å². The molecule has 1 aliphatic carbocycles. The highest BCUT2D eigenvalue weighted by Crippen LogP contribution is 2.40. The van der Waals surface area contributed by atoms with E-state index in [1.54, 1.807) is 24.3 Å². The number of carbonyl (C=O) groups is 1. The third-order valence-electron chi connectivity index (χ3n) is 4.36. The molecule has 0 radical (unpaired) electrons. The zero-order chi connectivity index (χ0) is 17.4. The zero-order valence-electron chi connectivity index (χ0n) is 13.4. The first kappa shape index (κ1) is 15.8. The van der Waals surface area contributed by atoms with Crippen LogP contribution in [-0.2, 0) is 0 Å². The molecule has 2 N–H and O–H groups in total. The smallest absolute Gasteiger partial charge is 0.252 e. The molecule has 3 aromatic rings. The van der Waals surface area contributed by atoms with Crippen molar-refractivity contribution in [1.29, 1.82) is 0 Å². The molecule has 1 atom stereocenters. The minimum atomic E-state index is -0.938. The van der Waals surface area contributed by atoms with Crippen LogP contribution in [0.25, 0.3) is 10.9 Å². The molecule has 2 heterocycles. The van der Waals surface area contributed by atoms with Gasteiger partial charge in [-0.25, -0.2) is 4.39 Å². The van der Waals surface area contributed by atoms with Crippen LogP contribution in [0.15, 0.2) is 47.1 Å². The molecule has 0 unspecified atom stereocenters. The molecule has 25 heavy (non-hydrogen) atoms. The number of hydrogen-bond donors (Lipinski definition) is 2. The minimum Gasteiger partial charge on any atom is -0.467 e. The van der Waals surface area contributed by atoms with Crippen molar-refractivity contribution in [3.63, 3.8) is 0 Å². The Bertz CT molecular complexity index is 920. The van der Waals surface area contributed by atoms with Crippen molar-refractivity contribution >= 4 is 16.8 Å². The van der Waals surface area contributed by atoms with Gasteiger partial charge in [-0.15, -0.1) is 0 Å². The third kappa shape index (κ3) is 3.25. The minimum absolute atomic E-state index is 0.00421. The van der Waals surface area contributed by atoms with Crippen LogP contribution >= 0.6 is 0 Å². The van der Waals surface area contributed by atoms with Gasteiger partial charge in [0.2, 0.25) is 0 Å². The summed E-state index contributed by atoms with van der Waals surface area (Å²) in [5.74, 6) is -0.0389. The molecule has 2 aromatic heterocycles. The predicted octanol–water partition coefficient (Wildman–Crippen LogP) is 3.31. The molecule has 1 amide bonds. The van der Waals surface area contributed by atoms with E-state index in [4.69, 9.17) is 4.42 Å². The second-order valence-electron chi connectivity index (χ2n) is 6.27. The van der Waals surface area contributed by atoms with Gasteiger partial charge in [-0.05, 0) is 49.2 Å². The maximum Gasteiger partial charge on any atom is 0.252 e. The number of pyridine rings is 1. The molecule has 1 aromatic carbocycles. The summed E-state index contributed by atoms with van der Waals surface area (Å²) >= 11 is 0. The molecule has 5 nitrogen and oxygen atoms in total. The first-order chi connectivity index (χ1) is 12.1. The van der Waals surface area contributed by atoms with E-state index >= 15 is 0 Å². The second-order valence-corrected chi connectivity index (χ2v) is 6.27. The Kier molecular flexibility index (Phi) is 3.97. The first-order valence-electron chi connectivity index (χ1n) is 8.21. The van der Waals surface area contributed by atoms with Gasteiger partial charge in [-0.2, -0.15) is 0 Å². The summed E-state index contributed by atoms with van der Waals surface area (Å²) in [6.45, 7) is 0.00421. The lowest BCUT2D eigenvalue weighted by Crippen LogP contribution is -2.28. The van der Waals surface area contributed by atoms with Gasteiger partial charge in [0, 0.05) is 17.0 Å². The quantitative estimate of drug-likeness (QED) is 0.747. The summed E-state index contributed by atoms with van der Waals surface area (Å²) in [4.78, 5) is 17.2. The molecule has 128 valence electrons. The number of rotatable bonds is 5. The van der Waals surface area contributed by atoms with Crippen molar-refractivity contribution < 1.29 is 18.7 Å². The molecular formula is C19H17FN2O3. The molecular weight excluding hydrogens is 323 g/mol. The number of aromatic nitrogens is 1. The lowest BCUT2D eigenvalue weighted by molar-refractivity contribution is 0.0902. The van der Waals surface area contributed by atoms with Gasteiger partial charge in [0.05, 0.1) is 23.9 Å². The van der Waals surface area contributed by atoms with Crippen LogP contribution in [0, 0.1) is 5.82 Å². The molecule has 6 heteroatoms. The van der Waals surface area contributed by atoms with Gasteiger partial charge >= 0.3 is 0 Å². The van der Waals surface area contributed by atoms with E-state index < -0.39 is 11.9 Å². The van der Waals surface area contributed by atoms with E-state index in [-0.39, 0.29) is 12.5 Å². The number of carbonyl (C=O) groups excluding carboxylic acids is 1. The maximum absolute atomic E-state index is 13.6. The molecule has 0 saturated heterocycles. The summed E-state index contributed by atoms with van der Waals surface area (Å²) < 4.78 is 18.8. The van der Waals surface area contributed by atoms with Crippen LogP contribution in [-0.4, -0.2) is 22.5 Å². The summed E-state index contributed by atoms with van der Waals surface area (Å²) in [7, 11) is 0. The Balaban J connectivity index is 1.62. The number of furan rings is 1. The number of benzene rings is 1. The van der Waals surface area contributed by atoms with E-state index in [1.165, 1.54) is 18.4 Å². The van der Waals surface area contributed by atoms with Crippen LogP contribution in [0.1, 0.15) is 46.7 Å². The fourth-order valence-corrected chi connectivity index (χ4v) is 2.86. The van der Waals surface area contributed by atoms with Crippen molar-refractivity contribution in [1.82, 2.24) is 10.3 Å². The van der Waals surface area contributed by atoms with Crippen molar-refractivity contribution in [2.45, 2.75) is 24.9 Å². The third-order valence-corrected chi connectivity index (χ3v) is 4.36. The topological polar surface area (TPSA) is 75.4 Å². The lowest BCUT2D eigenvalue weighted by Gasteiger charge is -2.12. The Morgan fingerprint density at radius 2 is 2.20 bits per heavy atom. The van der Waals surface area contributed by atoms with Crippen molar-refractivity contribution in [2.24, 2.45) is 0 Å². The Morgan fingerprint density at radius 3 is 2.92 bits per heavy atom. The second kappa shape index (κ2) is 6.29. The van der Waals surface area contributed by atoms with E-state index in [2.05, 4.69) is 10.3 Å². The molecule has 0 aliphatic heterocycles. The monoisotopic (exact) mass is 340 g/mol. The van der Waals surface area contributed by atoms with Crippen molar-refractivity contribution in [3.8, 4) is 0 Å². The van der Waals surface area contributed by atoms with Gasteiger partial charge in [0.15, 0.2) is 0 Å². The average Bonchev–Trinajstić information content (AvgIpc) is 3.32. The summed E-state index contributed by atoms with van der Waals surface area (Å²) in [5, 5.41) is 13.2. The molecule has 0 bridgehead atoms. The normalized spacial score (nSPS) is 15.3. The number of hydrogen-bond acceptors (Lipinski definition) is 4. The number of aliphatic hydroxyl groups is 1. The van der Waals surface area contributed by atoms with E-state index in [9.17, 15) is 14.3 Å². The number of nitrogens with zero attached hydrogens (tertiary/aromatic N) is 1. The summed E-state index contributed by atoms with van der Waals surface area (Å²) in [5.41, 5.74) is 1.83. The van der Waals surface area contributed by atoms with E-state index in [0.717, 1.165) is 18.5 Å². The molecule has 1 saturated carbocycles. The number of aliphatic hydroxyl groups excluding tert-OH is 1. The molecule has 1 fully saturated rings. The van der Waals surface area contributed by atoms with Crippen LogP contribution in [0.4, 0.5) is 4.39 Å². The number of amides is 1. The fourth-order valence-electron chi connectivity index (χ4n) is 2.86. The lowest BCUT2D eigenvalue weighted by atomic mass is 10.0. The van der Waals surface area contributed by atoms with Crippen LogP contribution in [0.5, 0.6) is 0 Å². The number of halogens is 1. The Labute approximate surface area is 143 Å². The van der Waals surface area contributed by atoms with Gasteiger partial charge in [-0.1, -0.05) is 0 Å². The zero-order valence-corrected chi connectivity index (χ0v) is 13.4. The maximum atomic E-state index is 13.6. The van der Waals surface area contributed by atoms with Gasteiger partial charge < -0.3 is 14.8 Å². The highest BCUT2D eigenvalue weighted by Gasteiger charge is 2.27. The molecule has 1 aliphatic rings. The predicted molar refractivity (Wildman–Crippen MR) is 89.7 cm³/mol. The van der Waals surface area contributed by atoms with Crippen LogP contribution < -0.4 is 5.32 Å². The fraction of sp³-hybridized carbons (Fsp3) is 0.263. The van der Waals surface area contributed by atoms with Gasteiger partial charge in [0.1, 0.15) is 17.7 Å². The summed E-state index contributed by atoms with van der Waals surface area (Å²) in [6, 6.07) is 9.28. The van der Waals surface area contributed by atoms with Crippen molar-refractivity contribution in [2.75, 3.05) is 6.54 Å². The van der Waals surface area contributed by atoms with E-state index in [0.29, 0.717) is 28.1 Å². The number of fused-ring (bicyclic) bond motifs is 1. The molecule has 4 rings (SSSR count). The van der Waals surface area contributed by atoms with Crippen LogP contribution in [0.2, 0.25) is 0 Å². The highest BCUT2D eigenvalue weighted by atomic mass is 19.1. The Hall–Kier alpha value is -2.73. The first-order valence-corrected chi connectivity index (χ1v) is 8.21. The standard InChI is InChI=1S/C19H17FN2O3/c20-12-5-6-15-13(8-12)14(9-16(22-15)11-3-4-11)19(24)21-10-17(23)18-2-1-7-25-18/h1-2,5-9,11,17,23H,3-4,10H2,(H,21,24)/t17-/m1/s1. The van der Waals surface area contributed by atoms with Crippen molar-refractivity contribution in [3.05, 3.63) is 65.5 Å². The largest absolute Gasteiger partial charge is 0.467 e. The SMILES string of the molecule is O=C(NC[C@@H](O)c1ccco1)c1cc(C2CC2)nc2ccc(F)cc12. The highest BCUT2D eigenvalue weighted by molar-refractivity contribution is 6.06. The van der Waals surface area contributed by atoms with E-state index in [1.807, 2.05) is 0 Å². The molecule has 0 spiro atoms. The number of nitrogens with one attached hydrogen (secondary N) is 1. The van der Waals surface area contributed by atoms with Crippen LogP contribution in [0.3, 0.4) is 0 Å². The van der Waals surface area contributed by atoms with Gasteiger partial charge in [-0.3, -0.25) is 9.78 Å². The average molecular weight is 340 g/mol. The Morgan fingerprint density at radius 1 is 1.36 bits per heavy atom.